The highest BCUT2D eigenvalue weighted by Gasteiger charge is 2.11. The number of esters is 1. The van der Waals surface area contributed by atoms with E-state index in [9.17, 15) is 4.79 Å². The SMILES string of the molecule is CCOC(=O)c1cc(N)c(Br)s1. The van der Waals surface area contributed by atoms with Crippen molar-refractivity contribution in [2.75, 3.05) is 12.3 Å². The summed E-state index contributed by atoms with van der Waals surface area (Å²) in [4.78, 5) is 11.7. The first-order valence-electron chi connectivity index (χ1n) is 3.37. The van der Waals surface area contributed by atoms with E-state index >= 15 is 0 Å². The summed E-state index contributed by atoms with van der Waals surface area (Å²) >= 11 is 4.50. The van der Waals surface area contributed by atoms with Crippen molar-refractivity contribution in [3.8, 4) is 0 Å². The summed E-state index contributed by atoms with van der Waals surface area (Å²) in [6, 6.07) is 1.60. The Morgan fingerprint density at radius 1 is 1.83 bits per heavy atom. The highest BCUT2D eigenvalue weighted by Crippen LogP contribution is 2.30. The van der Waals surface area contributed by atoms with Crippen molar-refractivity contribution in [1.82, 2.24) is 0 Å². The Kier molecular flexibility index (Phi) is 3.11. The number of carbonyl (C=O) groups excluding carboxylic acids is 1. The summed E-state index contributed by atoms with van der Waals surface area (Å²) in [5.41, 5.74) is 6.10. The second-order valence-corrected chi connectivity index (χ2v) is 4.43. The average molecular weight is 250 g/mol. The van der Waals surface area contributed by atoms with Crippen molar-refractivity contribution in [2.24, 2.45) is 0 Å². The number of anilines is 1. The van der Waals surface area contributed by atoms with Crippen molar-refractivity contribution in [1.29, 1.82) is 0 Å². The molecule has 0 atom stereocenters. The van der Waals surface area contributed by atoms with E-state index in [-0.39, 0.29) is 5.97 Å². The molecule has 0 aliphatic carbocycles. The third-order valence-corrected chi connectivity index (χ3v) is 3.05. The van der Waals surface area contributed by atoms with Gasteiger partial charge < -0.3 is 10.5 Å². The number of ether oxygens (including phenoxy) is 1. The summed E-state index contributed by atoms with van der Waals surface area (Å²) < 4.78 is 5.56. The standard InChI is InChI=1S/C7H8BrNO2S/c1-2-11-7(10)5-3-4(9)6(8)12-5/h3H,2,9H2,1H3. The maximum absolute atomic E-state index is 11.1. The third-order valence-electron chi connectivity index (χ3n) is 1.19. The lowest BCUT2D eigenvalue weighted by Crippen LogP contribution is -2.01. The highest BCUT2D eigenvalue weighted by molar-refractivity contribution is 9.11. The maximum atomic E-state index is 11.1. The molecule has 0 unspecified atom stereocenters. The second kappa shape index (κ2) is 3.91. The second-order valence-electron chi connectivity index (χ2n) is 2.06. The van der Waals surface area contributed by atoms with Crippen LogP contribution in [0.2, 0.25) is 0 Å². The molecule has 0 aromatic carbocycles. The zero-order valence-electron chi connectivity index (χ0n) is 6.46. The third kappa shape index (κ3) is 1.98. The molecule has 1 aromatic heterocycles. The quantitative estimate of drug-likeness (QED) is 0.819. The monoisotopic (exact) mass is 249 g/mol. The van der Waals surface area contributed by atoms with Crippen LogP contribution in [0.5, 0.6) is 0 Å². The molecule has 0 radical (unpaired) electrons. The van der Waals surface area contributed by atoms with E-state index in [4.69, 9.17) is 10.5 Å². The van der Waals surface area contributed by atoms with E-state index in [0.29, 0.717) is 17.2 Å². The van der Waals surface area contributed by atoms with Crippen molar-refractivity contribution in [3.63, 3.8) is 0 Å². The number of hydrogen-bond donors (Lipinski definition) is 1. The van der Waals surface area contributed by atoms with Crippen LogP contribution in [0.3, 0.4) is 0 Å². The van der Waals surface area contributed by atoms with Crippen molar-refractivity contribution in [2.45, 2.75) is 6.92 Å². The summed E-state index contributed by atoms with van der Waals surface area (Å²) in [5.74, 6) is -0.320. The van der Waals surface area contributed by atoms with Crippen LogP contribution in [0.4, 0.5) is 5.69 Å². The largest absolute Gasteiger partial charge is 0.462 e. The van der Waals surface area contributed by atoms with Gasteiger partial charge in [-0.1, -0.05) is 0 Å². The van der Waals surface area contributed by atoms with Gasteiger partial charge >= 0.3 is 5.97 Å². The highest BCUT2D eigenvalue weighted by atomic mass is 79.9. The van der Waals surface area contributed by atoms with Gasteiger partial charge in [0.15, 0.2) is 0 Å². The minimum Gasteiger partial charge on any atom is -0.462 e. The Morgan fingerprint density at radius 3 is 2.92 bits per heavy atom. The molecule has 2 N–H and O–H groups in total. The van der Waals surface area contributed by atoms with Crippen LogP contribution in [0.25, 0.3) is 0 Å². The molecule has 0 spiro atoms. The number of carbonyl (C=O) groups is 1. The fourth-order valence-electron chi connectivity index (χ4n) is 0.686. The van der Waals surface area contributed by atoms with Crippen LogP contribution in [0, 0.1) is 0 Å². The van der Waals surface area contributed by atoms with Gasteiger partial charge in [0, 0.05) is 0 Å². The number of nitrogen functional groups attached to an aromatic ring is 1. The van der Waals surface area contributed by atoms with Crippen molar-refractivity contribution >= 4 is 38.9 Å². The predicted molar refractivity (Wildman–Crippen MR) is 52.4 cm³/mol. The molecule has 66 valence electrons. The lowest BCUT2D eigenvalue weighted by atomic mass is 10.4. The number of nitrogens with two attached hydrogens (primary N) is 1. The van der Waals surface area contributed by atoms with Gasteiger partial charge in [-0.2, -0.15) is 0 Å². The normalized spacial score (nSPS) is 9.83. The van der Waals surface area contributed by atoms with Gasteiger partial charge in [0.05, 0.1) is 16.1 Å². The fraction of sp³-hybridized carbons (Fsp3) is 0.286. The minimum absolute atomic E-state index is 0.320. The van der Waals surface area contributed by atoms with Crippen LogP contribution in [-0.2, 0) is 4.74 Å². The average Bonchev–Trinajstić information content (AvgIpc) is 2.33. The predicted octanol–water partition coefficient (Wildman–Crippen LogP) is 2.27. The molecule has 5 heteroatoms. The molecule has 3 nitrogen and oxygen atoms in total. The topological polar surface area (TPSA) is 52.3 Å². The fourth-order valence-corrected chi connectivity index (χ4v) is 2.02. The smallest absolute Gasteiger partial charge is 0.348 e. The Hall–Kier alpha value is -0.550. The van der Waals surface area contributed by atoms with Crippen LogP contribution in [-0.4, -0.2) is 12.6 Å². The van der Waals surface area contributed by atoms with Crippen LogP contribution in [0.1, 0.15) is 16.6 Å². The molecule has 1 rings (SSSR count). The first-order chi connectivity index (χ1) is 5.65. The van der Waals surface area contributed by atoms with Gasteiger partial charge in [0.2, 0.25) is 0 Å². The van der Waals surface area contributed by atoms with Crippen LogP contribution < -0.4 is 5.73 Å². The zero-order valence-corrected chi connectivity index (χ0v) is 8.87. The Bertz CT molecular complexity index is 278. The molecule has 1 heterocycles. The minimum atomic E-state index is -0.320. The summed E-state index contributed by atoms with van der Waals surface area (Å²) in [5, 5.41) is 0. The van der Waals surface area contributed by atoms with Gasteiger partial charge in [0.1, 0.15) is 4.88 Å². The van der Waals surface area contributed by atoms with Crippen LogP contribution in [0.15, 0.2) is 9.85 Å². The van der Waals surface area contributed by atoms with E-state index in [1.165, 1.54) is 11.3 Å². The van der Waals surface area contributed by atoms with Crippen molar-refractivity contribution < 1.29 is 9.53 Å². The van der Waals surface area contributed by atoms with Gasteiger partial charge in [-0.05, 0) is 28.9 Å². The molecule has 12 heavy (non-hydrogen) atoms. The molecule has 0 aliphatic rings. The lowest BCUT2D eigenvalue weighted by molar-refractivity contribution is 0.0532. The number of halogens is 1. The zero-order chi connectivity index (χ0) is 9.14. The molecule has 1 aromatic rings. The molecule has 0 fully saturated rings. The molecule has 0 aliphatic heterocycles. The maximum Gasteiger partial charge on any atom is 0.348 e. The first-order valence-corrected chi connectivity index (χ1v) is 4.98. The molecule has 0 bridgehead atoms. The van der Waals surface area contributed by atoms with E-state index < -0.39 is 0 Å². The molecular weight excluding hydrogens is 242 g/mol. The summed E-state index contributed by atoms with van der Waals surface area (Å²) in [7, 11) is 0. The van der Waals surface area contributed by atoms with Gasteiger partial charge in [-0.25, -0.2) is 4.79 Å². The summed E-state index contributed by atoms with van der Waals surface area (Å²) in [6.45, 7) is 2.15. The molecule has 0 amide bonds. The summed E-state index contributed by atoms with van der Waals surface area (Å²) in [6.07, 6.45) is 0. The number of thiophene rings is 1. The van der Waals surface area contributed by atoms with Crippen molar-refractivity contribution in [3.05, 3.63) is 14.7 Å². The number of hydrogen-bond acceptors (Lipinski definition) is 4. The lowest BCUT2D eigenvalue weighted by Gasteiger charge is -1.95. The van der Waals surface area contributed by atoms with E-state index in [2.05, 4.69) is 15.9 Å². The van der Waals surface area contributed by atoms with E-state index in [1.807, 2.05) is 0 Å². The van der Waals surface area contributed by atoms with Crippen LogP contribution >= 0.6 is 27.3 Å². The Balaban J connectivity index is 2.82. The molecule has 0 saturated carbocycles. The molecule has 0 saturated heterocycles. The first kappa shape index (κ1) is 9.54. The molecular formula is C7H8BrNO2S. The Morgan fingerprint density at radius 2 is 2.50 bits per heavy atom. The number of rotatable bonds is 2. The van der Waals surface area contributed by atoms with Gasteiger partial charge in [-0.15, -0.1) is 11.3 Å². The van der Waals surface area contributed by atoms with Gasteiger partial charge in [0.25, 0.3) is 0 Å². The van der Waals surface area contributed by atoms with Gasteiger partial charge in [-0.3, -0.25) is 0 Å². The Labute approximate surface area is 82.6 Å². The van der Waals surface area contributed by atoms with E-state index in [1.54, 1.807) is 13.0 Å². The van der Waals surface area contributed by atoms with E-state index in [0.717, 1.165) is 3.79 Å².